The van der Waals surface area contributed by atoms with Crippen LogP contribution in [0.5, 0.6) is 0 Å². The molecule has 29 heavy (non-hydrogen) atoms. The molecule has 2 aromatic rings. The molecule has 2 fully saturated rings. The van der Waals surface area contributed by atoms with Crippen LogP contribution < -0.4 is 0 Å². The van der Waals surface area contributed by atoms with Crippen molar-refractivity contribution < 1.29 is 19.4 Å². The molecule has 2 heterocycles. The Kier molecular flexibility index (Phi) is 5.56. The lowest BCUT2D eigenvalue weighted by Crippen LogP contribution is -2.36. The normalized spacial score (nSPS) is 23.7. The van der Waals surface area contributed by atoms with E-state index in [0.29, 0.717) is 18.7 Å². The molecule has 0 aromatic heterocycles. The fourth-order valence-electron chi connectivity index (χ4n) is 3.97. The number of hydrogen-bond acceptors (Lipinski definition) is 4. The van der Waals surface area contributed by atoms with Gasteiger partial charge in [-0.2, -0.15) is 0 Å². The minimum atomic E-state index is -0.661. The highest BCUT2D eigenvalue weighted by atomic mass is 79.9. The van der Waals surface area contributed by atoms with Gasteiger partial charge in [-0.1, -0.05) is 57.9 Å². The molecule has 1 amide bonds. The predicted octanol–water partition coefficient (Wildman–Crippen LogP) is 4.36. The average Bonchev–Trinajstić information content (AvgIpc) is 3.30. The SMILES string of the molecule is Cc1ccc(C(O)=C2C(=O)C(=O)N(CC3CCCO3)C2c2cccc(Br)c2)cc1. The Balaban J connectivity index is 1.83. The van der Waals surface area contributed by atoms with Gasteiger partial charge in [0.25, 0.3) is 11.7 Å². The molecular formula is C23H22BrNO4. The molecule has 0 bridgehead atoms. The van der Waals surface area contributed by atoms with E-state index in [1.54, 1.807) is 17.0 Å². The molecule has 5 nitrogen and oxygen atoms in total. The molecule has 4 rings (SSSR count). The third kappa shape index (κ3) is 3.87. The maximum absolute atomic E-state index is 13.0. The van der Waals surface area contributed by atoms with Crippen LogP contribution in [0.3, 0.4) is 0 Å². The van der Waals surface area contributed by atoms with Crippen LogP contribution in [-0.2, 0) is 14.3 Å². The quantitative estimate of drug-likeness (QED) is 0.422. The number of likely N-dealkylation sites (tertiary alicyclic amines) is 1. The molecule has 0 spiro atoms. The van der Waals surface area contributed by atoms with Crippen molar-refractivity contribution in [1.82, 2.24) is 4.90 Å². The summed E-state index contributed by atoms with van der Waals surface area (Å²) < 4.78 is 6.55. The summed E-state index contributed by atoms with van der Waals surface area (Å²) in [6.07, 6.45) is 1.70. The van der Waals surface area contributed by atoms with Crippen molar-refractivity contribution >= 4 is 33.4 Å². The van der Waals surface area contributed by atoms with Gasteiger partial charge in [-0.3, -0.25) is 9.59 Å². The number of aliphatic hydroxyl groups excluding tert-OH is 1. The number of rotatable bonds is 4. The summed E-state index contributed by atoms with van der Waals surface area (Å²) in [6, 6.07) is 14.1. The van der Waals surface area contributed by atoms with E-state index in [2.05, 4.69) is 15.9 Å². The van der Waals surface area contributed by atoms with Crippen molar-refractivity contribution in [3.8, 4) is 0 Å². The molecule has 0 aliphatic carbocycles. The molecule has 2 aromatic carbocycles. The number of carbonyl (C=O) groups is 2. The third-order valence-electron chi connectivity index (χ3n) is 5.45. The highest BCUT2D eigenvalue weighted by Crippen LogP contribution is 2.40. The van der Waals surface area contributed by atoms with E-state index >= 15 is 0 Å². The molecule has 1 N–H and O–H groups in total. The van der Waals surface area contributed by atoms with Crippen LogP contribution in [0.15, 0.2) is 58.6 Å². The Morgan fingerprint density at radius 2 is 1.97 bits per heavy atom. The lowest BCUT2D eigenvalue weighted by atomic mass is 9.95. The Morgan fingerprint density at radius 3 is 2.62 bits per heavy atom. The van der Waals surface area contributed by atoms with Gasteiger partial charge < -0.3 is 14.7 Å². The molecule has 2 aliphatic heterocycles. The molecule has 2 atom stereocenters. The van der Waals surface area contributed by atoms with Crippen molar-refractivity contribution in [3.05, 3.63) is 75.3 Å². The van der Waals surface area contributed by atoms with E-state index in [9.17, 15) is 14.7 Å². The van der Waals surface area contributed by atoms with Gasteiger partial charge in [0, 0.05) is 23.2 Å². The Hall–Kier alpha value is -2.44. The second-order valence-corrected chi connectivity index (χ2v) is 8.42. The molecule has 2 saturated heterocycles. The summed E-state index contributed by atoms with van der Waals surface area (Å²) in [4.78, 5) is 27.4. The maximum atomic E-state index is 13.0. The maximum Gasteiger partial charge on any atom is 0.295 e. The van der Waals surface area contributed by atoms with Gasteiger partial charge in [0.2, 0.25) is 0 Å². The predicted molar refractivity (Wildman–Crippen MR) is 113 cm³/mol. The van der Waals surface area contributed by atoms with Crippen LogP contribution >= 0.6 is 15.9 Å². The summed E-state index contributed by atoms with van der Waals surface area (Å²) in [5.74, 6) is -1.41. The molecule has 2 aliphatic rings. The van der Waals surface area contributed by atoms with E-state index in [-0.39, 0.29) is 17.4 Å². The number of ketones is 1. The van der Waals surface area contributed by atoms with Crippen LogP contribution in [0.25, 0.3) is 5.76 Å². The second kappa shape index (κ2) is 8.13. The van der Waals surface area contributed by atoms with Gasteiger partial charge in [-0.25, -0.2) is 0 Å². The fourth-order valence-corrected chi connectivity index (χ4v) is 4.38. The van der Waals surface area contributed by atoms with Gasteiger partial charge >= 0.3 is 0 Å². The zero-order chi connectivity index (χ0) is 20.5. The van der Waals surface area contributed by atoms with Crippen molar-refractivity contribution in [2.45, 2.75) is 31.9 Å². The highest BCUT2D eigenvalue weighted by molar-refractivity contribution is 9.10. The Morgan fingerprint density at radius 1 is 1.21 bits per heavy atom. The number of aryl methyl sites for hydroxylation is 1. The van der Waals surface area contributed by atoms with E-state index in [0.717, 1.165) is 28.4 Å². The highest BCUT2D eigenvalue weighted by Gasteiger charge is 2.47. The molecule has 2 unspecified atom stereocenters. The first-order chi connectivity index (χ1) is 14.0. The van der Waals surface area contributed by atoms with Gasteiger partial charge in [0.05, 0.1) is 17.7 Å². The molecule has 0 radical (unpaired) electrons. The van der Waals surface area contributed by atoms with Crippen molar-refractivity contribution in [3.63, 3.8) is 0 Å². The molecule has 0 saturated carbocycles. The third-order valence-corrected chi connectivity index (χ3v) is 5.95. The largest absolute Gasteiger partial charge is 0.507 e. The Labute approximate surface area is 178 Å². The summed E-state index contributed by atoms with van der Waals surface area (Å²) in [7, 11) is 0. The van der Waals surface area contributed by atoms with Crippen molar-refractivity contribution in [1.29, 1.82) is 0 Å². The number of benzene rings is 2. The van der Waals surface area contributed by atoms with E-state index in [1.165, 1.54) is 0 Å². The lowest BCUT2D eigenvalue weighted by Gasteiger charge is -2.27. The number of hydrogen-bond donors (Lipinski definition) is 1. The zero-order valence-electron chi connectivity index (χ0n) is 16.1. The van der Waals surface area contributed by atoms with Gasteiger partial charge in [-0.05, 0) is 37.5 Å². The van der Waals surface area contributed by atoms with Crippen LogP contribution in [0.1, 0.15) is 35.6 Å². The number of carbonyl (C=O) groups excluding carboxylic acids is 2. The van der Waals surface area contributed by atoms with Gasteiger partial charge in [0.15, 0.2) is 0 Å². The van der Waals surface area contributed by atoms with Gasteiger partial charge in [-0.15, -0.1) is 0 Å². The van der Waals surface area contributed by atoms with E-state index in [1.807, 2.05) is 43.3 Å². The molecular weight excluding hydrogens is 434 g/mol. The van der Waals surface area contributed by atoms with Gasteiger partial charge in [0.1, 0.15) is 5.76 Å². The van der Waals surface area contributed by atoms with Crippen molar-refractivity contribution in [2.24, 2.45) is 0 Å². The minimum absolute atomic E-state index is 0.0951. The minimum Gasteiger partial charge on any atom is -0.507 e. The smallest absolute Gasteiger partial charge is 0.295 e. The fraction of sp³-hybridized carbons (Fsp3) is 0.304. The van der Waals surface area contributed by atoms with Crippen LogP contribution in [0.4, 0.5) is 0 Å². The second-order valence-electron chi connectivity index (χ2n) is 7.51. The number of nitrogens with zero attached hydrogens (tertiary/aromatic N) is 1. The standard InChI is InChI=1S/C23H22BrNO4/c1-14-7-9-15(10-8-14)21(26)19-20(16-4-2-5-17(24)12-16)25(23(28)22(19)27)13-18-6-3-11-29-18/h2,4-5,7-10,12,18,20,26H,3,6,11,13H2,1H3. The molecule has 150 valence electrons. The number of Topliss-reactive ketones (excluding diaryl/α,β-unsaturated/α-hetero) is 1. The average molecular weight is 456 g/mol. The summed E-state index contributed by atoms with van der Waals surface area (Å²) in [5, 5.41) is 11.0. The first-order valence-corrected chi connectivity index (χ1v) is 10.5. The monoisotopic (exact) mass is 455 g/mol. The lowest BCUT2D eigenvalue weighted by molar-refractivity contribution is -0.140. The van der Waals surface area contributed by atoms with E-state index in [4.69, 9.17) is 4.74 Å². The number of halogens is 1. The number of amides is 1. The molecule has 6 heteroatoms. The van der Waals surface area contributed by atoms with Crippen LogP contribution in [0, 0.1) is 6.92 Å². The number of ether oxygens (including phenoxy) is 1. The van der Waals surface area contributed by atoms with Crippen LogP contribution in [-0.4, -0.2) is 41.0 Å². The van der Waals surface area contributed by atoms with Crippen molar-refractivity contribution in [2.75, 3.05) is 13.2 Å². The first kappa shape index (κ1) is 19.9. The zero-order valence-corrected chi connectivity index (χ0v) is 17.7. The summed E-state index contributed by atoms with van der Waals surface area (Å²) >= 11 is 3.47. The number of aliphatic hydroxyl groups is 1. The topological polar surface area (TPSA) is 66.8 Å². The van der Waals surface area contributed by atoms with Crippen LogP contribution in [0.2, 0.25) is 0 Å². The first-order valence-electron chi connectivity index (χ1n) is 9.68. The summed E-state index contributed by atoms with van der Waals surface area (Å²) in [6.45, 7) is 2.94. The Bertz CT molecular complexity index is 977. The summed E-state index contributed by atoms with van der Waals surface area (Å²) in [5.41, 5.74) is 2.45. The van der Waals surface area contributed by atoms with E-state index < -0.39 is 17.7 Å².